The SMILES string of the molecule is COc1cc(Br)c(Oc2nccc(/C(N)=N/O)n2)cc1Br. The standard InChI is InChI=1S/C12H10Br2N4O3/c1-20-9-4-7(14)10(5-6(9)13)21-12-16-3-2-8(17-12)11(15)18-19/h2-5,19H,1H3,(H2,15,18). The second-order valence-electron chi connectivity index (χ2n) is 3.73. The van der Waals surface area contributed by atoms with E-state index < -0.39 is 0 Å². The van der Waals surface area contributed by atoms with Gasteiger partial charge in [-0.1, -0.05) is 5.16 Å². The van der Waals surface area contributed by atoms with Gasteiger partial charge in [0.1, 0.15) is 17.2 Å². The molecule has 0 aliphatic heterocycles. The highest BCUT2D eigenvalue weighted by molar-refractivity contribution is 9.11. The fourth-order valence-electron chi connectivity index (χ4n) is 1.43. The van der Waals surface area contributed by atoms with Crippen LogP contribution in [-0.4, -0.2) is 28.1 Å². The van der Waals surface area contributed by atoms with Crippen LogP contribution in [0.25, 0.3) is 0 Å². The molecule has 0 radical (unpaired) electrons. The molecule has 0 fully saturated rings. The first-order valence-electron chi connectivity index (χ1n) is 5.57. The minimum Gasteiger partial charge on any atom is -0.496 e. The fourth-order valence-corrected chi connectivity index (χ4v) is 2.31. The topological polar surface area (TPSA) is 103 Å². The van der Waals surface area contributed by atoms with Gasteiger partial charge in [-0.05, 0) is 44.0 Å². The third-order valence-corrected chi connectivity index (χ3v) is 3.65. The van der Waals surface area contributed by atoms with Crippen LogP contribution in [-0.2, 0) is 0 Å². The largest absolute Gasteiger partial charge is 0.496 e. The predicted molar refractivity (Wildman–Crippen MR) is 83.0 cm³/mol. The Morgan fingerprint density at radius 3 is 2.62 bits per heavy atom. The molecule has 9 heteroatoms. The average Bonchev–Trinajstić information content (AvgIpc) is 2.50. The molecule has 0 aliphatic rings. The monoisotopic (exact) mass is 416 g/mol. The molecular formula is C12H10Br2N4O3. The molecule has 0 bridgehead atoms. The summed E-state index contributed by atoms with van der Waals surface area (Å²) in [6.45, 7) is 0. The van der Waals surface area contributed by atoms with Gasteiger partial charge in [-0.2, -0.15) is 4.98 Å². The number of nitrogens with two attached hydrogens (primary N) is 1. The summed E-state index contributed by atoms with van der Waals surface area (Å²) in [7, 11) is 1.57. The van der Waals surface area contributed by atoms with Crippen molar-refractivity contribution in [3.63, 3.8) is 0 Å². The van der Waals surface area contributed by atoms with Crippen molar-refractivity contribution in [1.29, 1.82) is 0 Å². The Labute approximate surface area is 137 Å². The van der Waals surface area contributed by atoms with Crippen molar-refractivity contribution in [3.05, 3.63) is 39.0 Å². The van der Waals surface area contributed by atoms with Crippen molar-refractivity contribution in [3.8, 4) is 17.5 Å². The Morgan fingerprint density at radius 2 is 1.95 bits per heavy atom. The summed E-state index contributed by atoms with van der Waals surface area (Å²) < 4.78 is 12.1. The van der Waals surface area contributed by atoms with E-state index in [2.05, 4.69) is 47.0 Å². The van der Waals surface area contributed by atoms with Crippen molar-refractivity contribution in [2.45, 2.75) is 0 Å². The molecule has 0 saturated heterocycles. The molecule has 2 rings (SSSR count). The second-order valence-corrected chi connectivity index (χ2v) is 5.44. The van der Waals surface area contributed by atoms with Gasteiger partial charge < -0.3 is 20.4 Å². The summed E-state index contributed by atoms with van der Waals surface area (Å²) in [5.41, 5.74) is 5.73. The zero-order valence-corrected chi connectivity index (χ0v) is 13.9. The molecule has 1 heterocycles. The number of hydrogen-bond acceptors (Lipinski definition) is 6. The lowest BCUT2D eigenvalue weighted by atomic mass is 10.3. The van der Waals surface area contributed by atoms with E-state index >= 15 is 0 Å². The summed E-state index contributed by atoms with van der Waals surface area (Å²) in [5, 5.41) is 11.5. The number of oxime groups is 1. The first-order chi connectivity index (χ1) is 10.0. The number of nitrogens with zero attached hydrogens (tertiary/aromatic N) is 3. The van der Waals surface area contributed by atoms with Crippen LogP contribution < -0.4 is 15.2 Å². The Bertz CT molecular complexity index is 694. The zero-order valence-electron chi connectivity index (χ0n) is 10.7. The molecular weight excluding hydrogens is 408 g/mol. The highest BCUT2D eigenvalue weighted by Crippen LogP contribution is 2.37. The van der Waals surface area contributed by atoms with Gasteiger partial charge in [0, 0.05) is 12.3 Å². The second kappa shape index (κ2) is 6.72. The summed E-state index contributed by atoms with van der Waals surface area (Å²) in [4.78, 5) is 8.01. The number of aromatic nitrogens is 2. The van der Waals surface area contributed by atoms with Crippen LogP contribution in [0.1, 0.15) is 5.69 Å². The van der Waals surface area contributed by atoms with Crippen molar-refractivity contribution in [1.82, 2.24) is 9.97 Å². The number of benzene rings is 1. The molecule has 0 unspecified atom stereocenters. The molecule has 1 aromatic heterocycles. The molecule has 21 heavy (non-hydrogen) atoms. The van der Waals surface area contributed by atoms with Crippen molar-refractivity contribution in [2.75, 3.05) is 7.11 Å². The lowest BCUT2D eigenvalue weighted by Gasteiger charge is -2.10. The molecule has 0 aliphatic carbocycles. The van der Waals surface area contributed by atoms with Gasteiger partial charge in [-0.3, -0.25) is 0 Å². The highest BCUT2D eigenvalue weighted by atomic mass is 79.9. The van der Waals surface area contributed by atoms with E-state index in [4.69, 9.17) is 20.4 Å². The number of rotatable bonds is 4. The summed E-state index contributed by atoms with van der Waals surface area (Å²) in [6, 6.07) is 5.02. The molecule has 0 atom stereocenters. The Hall–Kier alpha value is -1.87. The van der Waals surface area contributed by atoms with Crippen LogP contribution >= 0.6 is 31.9 Å². The fraction of sp³-hybridized carbons (Fsp3) is 0.0833. The van der Waals surface area contributed by atoms with E-state index in [9.17, 15) is 0 Å². The third-order valence-electron chi connectivity index (χ3n) is 2.41. The Kier molecular flexibility index (Phi) is 4.97. The van der Waals surface area contributed by atoms with Crippen LogP contribution in [0, 0.1) is 0 Å². The summed E-state index contributed by atoms with van der Waals surface area (Å²) >= 11 is 6.74. The smallest absolute Gasteiger partial charge is 0.322 e. The van der Waals surface area contributed by atoms with E-state index in [0.717, 1.165) is 4.47 Å². The molecule has 3 N–H and O–H groups in total. The van der Waals surface area contributed by atoms with Crippen molar-refractivity contribution < 1.29 is 14.7 Å². The summed E-state index contributed by atoms with van der Waals surface area (Å²) in [6.07, 6.45) is 1.45. The van der Waals surface area contributed by atoms with E-state index in [1.807, 2.05) is 0 Å². The average molecular weight is 418 g/mol. The van der Waals surface area contributed by atoms with Crippen LogP contribution in [0.2, 0.25) is 0 Å². The lowest BCUT2D eigenvalue weighted by molar-refractivity contribution is 0.318. The lowest BCUT2D eigenvalue weighted by Crippen LogP contribution is -2.15. The van der Waals surface area contributed by atoms with E-state index in [-0.39, 0.29) is 17.5 Å². The van der Waals surface area contributed by atoms with Crippen molar-refractivity contribution >= 4 is 37.7 Å². The molecule has 0 spiro atoms. The number of ether oxygens (including phenoxy) is 2. The minimum absolute atomic E-state index is 0.0665. The van der Waals surface area contributed by atoms with Gasteiger partial charge in [0.05, 0.1) is 16.1 Å². The normalized spacial score (nSPS) is 11.3. The van der Waals surface area contributed by atoms with Gasteiger partial charge in [0.15, 0.2) is 5.84 Å². The third kappa shape index (κ3) is 3.61. The molecule has 0 saturated carbocycles. The quantitative estimate of drug-likeness (QED) is 0.343. The number of halogens is 2. The molecule has 7 nitrogen and oxygen atoms in total. The number of hydrogen-bond donors (Lipinski definition) is 2. The van der Waals surface area contributed by atoms with E-state index in [0.29, 0.717) is 16.0 Å². The minimum atomic E-state index is -0.128. The van der Waals surface area contributed by atoms with Gasteiger partial charge in [-0.25, -0.2) is 4.98 Å². The first kappa shape index (κ1) is 15.5. The molecule has 110 valence electrons. The van der Waals surface area contributed by atoms with Crippen LogP contribution in [0.5, 0.6) is 17.5 Å². The maximum atomic E-state index is 8.64. The molecule has 2 aromatic rings. The highest BCUT2D eigenvalue weighted by Gasteiger charge is 2.11. The Morgan fingerprint density at radius 1 is 1.29 bits per heavy atom. The zero-order chi connectivity index (χ0) is 15.4. The van der Waals surface area contributed by atoms with Crippen LogP contribution in [0.3, 0.4) is 0 Å². The van der Waals surface area contributed by atoms with Gasteiger partial charge in [0.25, 0.3) is 0 Å². The van der Waals surface area contributed by atoms with E-state index in [1.165, 1.54) is 12.3 Å². The first-order valence-corrected chi connectivity index (χ1v) is 7.15. The van der Waals surface area contributed by atoms with Crippen molar-refractivity contribution in [2.24, 2.45) is 10.9 Å². The summed E-state index contributed by atoms with van der Waals surface area (Å²) in [5.74, 6) is 1.01. The molecule has 0 amide bonds. The van der Waals surface area contributed by atoms with Gasteiger partial charge >= 0.3 is 6.01 Å². The maximum Gasteiger partial charge on any atom is 0.322 e. The number of methoxy groups -OCH3 is 1. The van der Waals surface area contributed by atoms with Crippen LogP contribution in [0.4, 0.5) is 0 Å². The van der Waals surface area contributed by atoms with Crippen LogP contribution in [0.15, 0.2) is 38.5 Å². The molecule has 1 aromatic carbocycles. The number of amidine groups is 1. The maximum absolute atomic E-state index is 8.64. The Balaban J connectivity index is 2.32. The van der Waals surface area contributed by atoms with E-state index in [1.54, 1.807) is 19.2 Å². The predicted octanol–water partition coefficient (Wildman–Crippen LogP) is 2.90. The van der Waals surface area contributed by atoms with Gasteiger partial charge in [-0.15, -0.1) is 0 Å². The van der Waals surface area contributed by atoms with Gasteiger partial charge in [0.2, 0.25) is 0 Å².